The van der Waals surface area contributed by atoms with Gasteiger partial charge in [0.2, 0.25) is 0 Å². The Morgan fingerprint density at radius 2 is 1.88 bits per heavy atom. The van der Waals surface area contributed by atoms with Crippen molar-refractivity contribution in [2.24, 2.45) is 0 Å². The fourth-order valence-electron chi connectivity index (χ4n) is 2.03. The summed E-state index contributed by atoms with van der Waals surface area (Å²) in [6.45, 7) is 7.59. The largest absolute Gasteiger partial charge is 0.464 e. The molecule has 0 saturated carbocycles. The molecule has 24 heavy (non-hydrogen) atoms. The molecule has 0 aliphatic carbocycles. The first-order valence-corrected chi connectivity index (χ1v) is 11.1. The molecular formula is C17H24N2O4Si. The molecule has 1 rings (SSSR count). The van der Waals surface area contributed by atoms with Crippen molar-refractivity contribution >= 4 is 20.3 Å². The van der Waals surface area contributed by atoms with Crippen molar-refractivity contribution in [1.29, 1.82) is 0 Å². The quantitative estimate of drug-likeness (QED) is 0.441. The third-order valence-corrected chi connectivity index (χ3v) is 4.16. The molecule has 1 atom stereocenters. The highest BCUT2D eigenvalue weighted by Gasteiger charge is 2.35. The second kappa shape index (κ2) is 7.88. The van der Waals surface area contributed by atoms with E-state index in [0.717, 1.165) is 5.56 Å². The van der Waals surface area contributed by atoms with Crippen LogP contribution in [0.3, 0.4) is 0 Å². The number of amides is 2. The van der Waals surface area contributed by atoms with Gasteiger partial charge in [0.1, 0.15) is 13.6 Å². The molecule has 130 valence electrons. The van der Waals surface area contributed by atoms with Crippen LogP contribution in [0.2, 0.25) is 21.1 Å². The molecule has 0 aliphatic heterocycles. The molecule has 0 aromatic heterocycles. The Hall–Kier alpha value is -2.46. The van der Waals surface area contributed by atoms with Gasteiger partial charge in [0.15, 0.2) is 1.41 Å². The monoisotopic (exact) mass is 349 g/mol. The van der Waals surface area contributed by atoms with Gasteiger partial charge in [-0.05, 0) is 25.3 Å². The summed E-state index contributed by atoms with van der Waals surface area (Å²) >= 11 is 0. The van der Waals surface area contributed by atoms with Crippen LogP contribution in [0.5, 0.6) is 0 Å². The first-order valence-electron chi connectivity index (χ1n) is 8.04. The van der Waals surface area contributed by atoms with Crippen molar-refractivity contribution in [3.63, 3.8) is 0 Å². The molecule has 7 heteroatoms. The van der Waals surface area contributed by atoms with Gasteiger partial charge in [-0.3, -0.25) is 0 Å². The van der Waals surface area contributed by atoms with E-state index in [1.165, 1.54) is 0 Å². The third kappa shape index (κ3) is 6.34. The van der Waals surface area contributed by atoms with E-state index in [0.29, 0.717) is 11.4 Å². The molecule has 0 spiro atoms. The minimum absolute atomic E-state index is 0.0633. The number of nitrogens with zero attached hydrogens (tertiary/aromatic N) is 1. The number of hydrazine groups is 1. The van der Waals surface area contributed by atoms with Crippen molar-refractivity contribution in [2.45, 2.75) is 44.9 Å². The smallest absolute Gasteiger partial charge is 0.427 e. The number of benzene rings is 1. The minimum atomic E-state index is -1.83. The Labute approximate surface area is 144 Å². The van der Waals surface area contributed by atoms with E-state index in [1.807, 2.05) is 50.0 Å². The van der Waals surface area contributed by atoms with Crippen LogP contribution in [0.25, 0.3) is 0 Å². The van der Waals surface area contributed by atoms with E-state index in [9.17, 15) is 14.7 Å². The molecule has 2 amide bonds. The summed E-state index contributed by atoms with van der Waals surface area (Å²) in [6, 6.07) is 9.46. The van der Waals surface area contributed by atoms with Crippen LogP contribution in [0.4, 0.5) is 9.59 Å². The van der Waals surface area contributed by atoms with Gasteiger partial charge in [0.05, 0.1) is 0 Å². The predicted molar refractivity (Wildman–Crippen MR) is 95.3 cm³/mol. The van der Waals surface area contributed by atoms with E-state index in [4.69, 9.17) is 6.52 Å². The molecular weight excluding hydrogens is 324 g/mol. The first-order chi connectivity index (χ1) is 11.5. The third-order valence-electron chi connectivity index (χ3n) is 3.28. The number of carbonyl (C=O) groups is 2. The number of hydrogen-bond acceptors (Lipinski definition) is 2. The zero-order valence-corrected chi connectivity index (χ0v) is 15.4. The Bertz CT molecular complexity index is 681. The van der Waals surface area contributed by atoms with Gasteiger partial charge < -0.3 is 10.2 Å². The molecule has 6 nitrogen and oxygen atoms in total. The first kappa shape index (κ1) is 17.9. The van der Waals surface area contributed by atoms with Crippen molar-refractivity contribution in [3.8, 4) is 11.5 Å². The van der Waals surface area contributed by atoms with Crippen LogP contribution >= 0.6 is 0 Å². The summed E-state index contributed by atoms with van der Waals surface area (Å²) in [5.74, 6) is 2.96. The van der Waals surface area contributed by atoms with Crippen LogP contribution in [0, 0.1) is 11.5 Å². The number of rotatable bonds is 4. The lowest BCUT2D eigenvalue weighted by atomic mass is 9.93. The lowest BCUT2D eigenvalue weighted by molar-refractivity contribution is 0.0663. The zero-order chi connectivity index (χ0) is 19.3. The topological polar surface area (TPSA) is 89.9 Å². The van der Waals surface area contributed by atoms with Crippen LogP contribution in [-0.4, -0.2) is 41.0 Å². The van der Waals surface area contributed by atoms with E-state index in [-0.39, 0.29) is 11.8 Å². The molecule has 0 bridgehead atoms. The summed E-state index contributed by atoms with van der Waals surface area (Å²) in [4.78, 5) is 22.8. The molecule has 0 heterocycles. The summed E-state index contributed by atoms with van der Waals surface area (Å²) in [5.41, 5.74) is 2.70. The summed E-state index contributed by atoms with van der Waals surface area (Å²) in [7, 11) is -1.83. The van der Waals surface area contributed by atoms with E-state index in [1.54, 1.807) is 6.92 Å². The van der Waals surface area contributed by atoms with E-state index >= 15 is 0 Å². The highest BCUT2D eigenvalue weighted by Crippen LogP contribution is 2.21. The molecule has 1 aromatic rings. The van der Waals surface area contributed by atoms with Crippen LogP contribution in [-0.2, 0) is 6.42 Å². The van der Waals surface area contributed by atoms with Crippen molar-refractivity contribution in [1.82, 2.24) is 10.4 Å². The predicted octanol–water partition coefficient (Wildman–Crippen LogP) is 3.42. The maximum Gasteiger partial charge on any atom is 0.427 e. The van der Waals surface area contributed by atoms with Crippen molar-refractivity contribution in [2.75, 3.05) is 0 Å². The minimum Gasteiger partial charge on any atom is -0.464 e. The maximum absolute atomic E-state index is 11.7. The molecule has 1 aromatic carbocycles. The Morgan fingerprint density at radius 1 is 1.29 bits per heavy atom. The SMILES string of the molecule is [2H]N(C(=O)O)N(C(=O)O)C(C)(C#C[Si](C)(C)C)CCc1ccccc1. The second-order valence-electron chi connectivity index (χ2n) is 6.74. The van der Waals surface area contributed by atoms with Crippen molar-refractivity contribution in [3.05, 3.63) is 35.9 Å². The van der Waals surface area contributed by atoms with Gasteiger partial charge in [-0.2, -0.15) is 5.01 Å². The second-order valence-corrected chi connectivity index (χ2v) is 11.5. The molecule has 0 saturated heterocycles. The number of nitrogens with one attached hydrogen (secondary N) is 1. The van der Waals surface area contributed by atoms with Gasteiger partial charge in [-0.15, -0.1) is 5.54 Å². The van der Waals surface area contributed by atoms with Gasteiger partial charge in [-0.25, -0.2) is 15.0 Å². The van der Waals surface area contributed by atoms with Crippen LogP contribution in [0.15, 0.2) is 30.3 Å². The van der Waals surface area contributed by atoms with Gasteiger partial charge in [0.25, 0.3) is 0 Å². The number of hydrogen-bond donors (Lipinski definition) is 3. The normalized spacial score (nSPS) is 13.8. The molecule has 0 fully saturated rings. The number of carboxylic acid groups (broad SMARTS) is 2. The maximum atomic E-state index is 11.7. The lowest BCUT2D eigenvalue weighted by Crippen LogP contribution is -2.57. The molecule has 0 aliphatic rings. The van der Waals surface area contributed by atoms with Crippen LogP contribution in [0.1, 0.15) is 18.9 Å². The highest BCUT2D eigenvalue weighted by molar-refractivity contribution is 6.83. The fourth-order valence-corrected chi connectivity index (χ4v) is 2.67. The summed E-state index contributed by atoms with van der Waals surface area (Å²) < 4.78 is 7.61. The van der Waals surface area contributed by atoms with E-state index in [2.05, 4.69) is 11.5 Å². The standard InChI is InChI=1S/C17H24N2O4Si/c1-17(12-13-24(2,3)4,19(16(22)23)18-15(20)21)11-10-14-8-6-5-7-9-14/h5-9,18H,10-11H2,1-4H3,(H,20,21)(H,22,23)/i/hD. The molecule has 1 unspecified atom stereocenters. The van der Waals surface area contributed by atoms with E-state index < -0.39 is 25.8 Å². The van der Waals surface area contributed by atoms with Gasteiger partial charge in [0, 0.05) is 0 Å². The fraction of sp³-hybridized carbons (Fsp3) is 0.412. The Kier molecular flexibility index (Phi) is 5.87. The summed E-state index contributed by atoms with van der Waals surface area (Å²) in [6.07, 6.45) is -2.43. The Morgan fingerprint density at radius 3 is 2.33 bits per heavy atom. The van der Waals surface area contributed by atoms with Gasteiger partial charge in [-0.1, -0.05) is 55.9 Å². The molecule has 0 radical (unpaired) electrons. The summed E-state index contributed by atoms with van der Waals surface area (Å²) in [5, 5.41) is 19.0. The number of aryl methyl sites for hydroxylation is 1. The average molecular weight is 349 g/mol. The molecule has 3 N–H and O–H groups in total. The Balaban J connectivity index is 3.26. The zero-order valence-electron chi connectivity index (χ0n) is 15.4. The lowest BCUT2D eigenvalue weighted by Gasteiger charge is -2.34. The average Bonchev–Trinajstić information content (AvgIpc) is 2.51. The van der Waals surface area contributed by atoms with Gasteiger partial charge >= 0.3 is 12.2 Å². The van der Waals surface area contributed by atoms with Crippen LogP contribution < -0.4 is 5.42 Å². The van der Waals surface area contributed by atoms with Crippen molar-refractivity contribution < 1.29 is 21.2 Å². The highest BCUT2D eigenvalue weighted by atomic mass is 28.3.